The average Bonchev–Trinajstić information content (AvgIpc) is 3.37. The Morgan fingerprint density at radius 3 is 2.46 bits per heavy atom. The van der Waals surface area contributed by atoms with E-state index < -0.39 is 17.7 Å². The van der Waals surface area contributed by atoms with E-state index in [2.05, 4.69) is 4.98 Å². The van der Waals surface area contributed by atoms with Crippen LogP contribution in [0, 0.1) is 20.8 Å². The molecule has 1 aromatic heterocycles. The normalized spacial score (nSPS) is 16.8. The van der Waals surface area contributed by atoms with Crippen LogP contribution in [-0.2, 0) is 9.59 Å². The number of carbonyl (C=O) groups excluding carboxylic acids is 3. The Kier molecular flexibility index (Phi) is 7.18. The number of hydrogen-bond donors (Lipinski definition) is 1. The molecule has 1 atom stereocenters. The molecular formula is C28H28N2O6S. The topological polar surface area (TPSA) is 106 Å². The van der Waals surface area contributed by atoms with E-state index in [9.17, 15) is 19.5 Å². The first-order chi connectivity index (χ1) is 17.6. The Morgan fingerprint density at radius 2 is 1.84 bits per heavy atom. The molecule has 0 aliphatic carbocycles. The van der Waals surface area contributed by atoms with Crippen LogP contribution in [-0.4, -0.2) is 41.3 Å². The smallest absolute Gasteiger partial charge is 0.301 e. The quantitative estimate of drug-likeness (QED) is 0.195. The maximum Gasteiger partial charge on any atom is 0.301 e. The molecule has 37 heavy (non-hydrogen) atoms. The molecule has 1 fully saturated rings. The average molecular weight is 521 g/mol. The van der Waals surface area contributed by atoms with E-state index in [1.54, 1.807) is 31.2 Å². The number of carbonyl (C=O) groups is 3. The van der Waals surface area contributed by atoms with Gasteiger partial charge >= 0.3 is 5.91 Å². The van der Waals surface area contributed by atoms with Crippen LogP contribution < -0.4 is 14.4 Å². The number of aliphatic hydroxyl groups excluding tert-OH is 1. The van der Waals surface area contributed by atoms with E-state index in [4.69, 9.17) is 9.47 Å². The van der Waals surface area contributed by atoms with Gasteiger partial charge in [-0.15, -0.1) is 0 Å². The zero-order chi connectivity index (χ0) is 27.0. The molecule has 1 saturated heterocycles. The lowest BCUT2D eigenvalue weighted by Gasteiger charge is -2.24. The number of anilines is 1. The van der Waals surface area contributed by atoms with Crippen molar-refractivity contribution < 1.29 is 29.0 Å². The molecule has 1 aliphatic heterocycles. The fourth-order valence-corrected chi connectivity index (χ4v) is 5.41. The zero-order valence-corrected chi connectivity index (χ0v) is 22.4. The van der Waals surface area contributed by atoms with E-state index in [0.29, 0.717) is 39.8 Å². The molecule has 0 bridgehead atoms. The SMILES string of the molecule is CCOc1ccc(C2/C(=C(\O)c3cc(C)ccc3C)C(=O)C(=O)N2c2nc(C)c(C(C)=O)s2)cc1OC. The molecule has 3 aromatic rings. The highest BCUT2D eigenvalue weighted by molar-refractivity contribution is 7.18. The first-order valence-electron chi connectivity index (χ1n) is 11.8. The lowest BCUT2D eigenvalue weighted by Crippen LogP contribution is -2.29. The Bertz CT molecular complexity index is 1450. The molecular weight excluding hydrogens is 492 g/mol. The molecule has 2 aromatic carbocycles. The fourth-order valence-electron chi connectivity index (χ4n) is 4.42. The minimum absolute atomic E-state index is 0.0675. The van der Waals surface area contributed by atoms with E-state index >= 15 is 0 Å². The molecule has 0 spiro atoms. The highest BCUT2D eigenvalue weighted by atomic mass is 32.1. The second-order valence-corrected chi connectivity index (χ2v) is 9.78. The first kappa shape index (κ1) is 26.1. The zero-order valence-electron chi connectivity index (χ0n) is 21.5. The summed E-state index contributed by atoms with van der Waals surface area (Å²) in [6.07, 6.45) is 0. The summed E-state index contributed by atoms with van der Waals surface area (Å²) in [5.74, 6) is -1.23. The number of benzene rings is 2. The van der Waals surface area contributed by atoms with Crippen LogP contribution in [0.5, 0.6) is 11.5 Å². The monoisotopic (exact) mass is 520 g/mol. The number of aromatic nitrogens is 1. The Hall–Kier alpha value is -3.98. The van der Waals surface area contributed by atoms with Crippen LogP contribution in [0.25, 0.3) is 5.76 Å². The standard InChI is InChI=1S/C28H28N2O6S/c1-7-36-20-11-10-18(13-21(20)35-6)23-22(24(32)19-12-14(2)8-9-15(19)3)25(33)27(34)30(23)28-29-16(4)26(37-28)17(5)31/h8-13,23,32H,7H2,1-6H3/b24-22+. The predicted molar refractivity (Wildman–Crippen MR) is 142 cm³/mol. The van der Waals surface area contributed by atoms with E-state index in [-0.39, 0.29) is 22.2 Å². The van der Waals surface area contributed by atoms with Crippen molar-refractivity contribution >= 4 is 39.7 Å². The number of aliphatic hydroxyl groups is 1. The summed E-state index contributed by atoms with van der Waals surface area (Å²) in [5, 5.41) is 11.7. The Morgan fingerprint density at radius 1 is 1.11 bits per heavy atom. The molecule has 1 N–H and O–H groups in total. The van der Waals surface area contributed by atoms with Crippen LogP contribution in [0.2, 0.25) is 0 Å². The van der Waals surface area contributed by atoms with Crippen molar-refractivity contribution in [3.63, 3.8) is 0 Å². The van der Waals surface area contributed by atoms with Gasteiger partial charge in [-0.1, -0.05) is 35.1 Å². The third-order valence-corrected chi connectivity index (χ3v) is 7.46. The van der Waals surface area contributed by atoms with Gasteiger partial charge < -0.3 is 14.6 Å². The first-order valence-corrected chi connectivity index (χ1v) is 12.6. The number of rotatable bonds is 7. The number of Topliss-reactive ketones (excluding diaryl/α,β-unsaturated/α-hetero) is 2. The molecule has 1 unspecified atom stereocenters. The van der Waals surface area contributed by atoms with Crippen molar-refractivity contribution in [2.24, 2.45) is 0 Å². The molecule has 1 amide bonds. The third-order valence-electron chi connectivity index (χ3n) is 6.21. The van der Waals surface area contributed by atoms with Crippen LogP contribution in [0.1, 0.15) is 57.5 Å². The molecule has 192 valence electrons. The van der Waals surface area contributed by atoms with Crippen molar-refractivity contribution in [2.75, 3.05) is 18.6 Å². The van der Waals surface area contributed by atoms with Crippen molar-refractivity contribution in [1.82, 2.24) is 4.98 Å². The molecule has 8 nitrogen and oxygen atoms in total. The van der Waals surface area contributed by atoms with Gasteiger partial charge in [-0.05, 0) is 57.0 Å². The number of ketones is 2. The maximum absolute atomic E-state index is 13.5. The number of methoxy groups -OCH3 is 1. The predicted octanol–water partition coefficient (Wildman–Crippen LogP) is 5.30. The summed E-state index contributed by atoms with van der Waals surface area (Å²) in [6, 6.07) is 9.62. The highest BCUT2D eigenvalue weighted by Crippen LogP contribution is 2.45. The van der Waals surface area contributed by atoms with Gasteiger partial charge in [0.25, 0.3) is 5.78 Å². The van der Waals surface area contributed by atoms with Gasteiger partial charge in [-0.3, -0.25) is 19.3 Å². The second-order valence-electron chi connectivity index (χ2n) is 8.80. The van der Waals surface area contributed by atoms with Gasteiger partial charge in [0.2, 0.25) is 0 Å². The summed E-state index contributed by atoms with van der Waals surface area (Å²) in [6.45, 7) is 9.08. The van der Waals surface area contributed by atoms with Crippen molar-refractivity contribution in [2.45, 2.75) is 40.7 Å². The minimum atomic E-state index is -1.00. The third kappa shape index (κ3) is 4.62. The Labute approximate surface area is 219 Å². The summed E-state index contributed by atoms with van der Waals surface area (Å²) in [5.41, 5.74) is 3.02. The van der Waals surface area contributed by atoms with Gasteiger partial charge in [0.05, 0.1) is 35.9 Å². The van der Waals surface area contributed by atoms with Crippen molar-refractivity contribution in [3.8, 4) is 11.5 Å². The summed E-state index contributed by atoms with van der Waals surface area (Å²) in [7, 11) is 1.50. The Balaban J connectivity index is 2.00. The van der Waals surface area contributed by atoms with Gasteiger partial charge in [-0.25, -0.2) is 4.98 Å². The second kappa shape index (κ2) is 10.2. The highest BCUT2D eigenvalue weighted by Gasteiger charge is 2.48. The van der Waals surface area contributed by atoms with E-state index in [1.165, 1.54) is 18.9 Å². The molecule has 4 rings (SSSR count). The minimum Gasteiger partial charge on any atom is -0.507 e. The molecule has 2 heterocycles. The molecule has 9 heteroatoms. The molecule has 1 aliphatic rings. The number of aryl methyl sites for hydroxylation is 3. The van der Waals surface area contributed by atoms with Gasteiger partial charge in [0.15, 0.2) is 22.4 Å². The largest absolute Gasteiger partial charge is 0.507 e. The van der Waals surface area contributed by atoms with Crippen LogP contribution in [0.4, 0.5) is 5.13 Å². The molecule has 0 radical (unpaired) electrons. The lowest BCUT2D eigenvalue weighted by atomic mass is 9.93. The van der Waals surface area contributed by atoms with Crippen LogP contribution in [0.15, 0.2) is 42.0 Å². The number of amides is 1. The van der Waals surface area contributed by atoms with Crippen molar-refractivity contribution in [1.29, 1.82) is 0 Å². The summed E-state index contributed by atoms with van der Waals surface area (Å²) >= 11 is 1.04. The maximum atomic E-state index is 13.5. The van der Waals surface area contributed by atoms with Crippen molar-refractivity contribution in [3.05, 3.63) is 74.8 Å². The number of nitrogens with zero attached hydrogens (tertiary/aromatic N) is 2. The molecule has 0 saturated carbocycles. The van der Waals surface area contributed by atoms with Gasteiger partial charge in [-0.2, -0.15) is 0 Å². The number of thiazole rings is 1. The number of hydrogen-bond acceptors (Lipinski definition) is 8. The van der Waals surface area contributed by atoms with Crippen LogP contribution >= 0.6 is 11.3 Å². The van der Waals surface area contributed by atoms with Gasteiger partial charge in [0.1, 0.15) is 5.76 Å². The fraction of sp³-hybridized carbons (Fsp3) is 0.286. The lowest BCUT2D eigenvalue weighted by molar-refractivity contribution is -0.132. The van der Waals surface area contributed by atoms with Crippen LogP contribution in [0.3, 0.4) is 0 Å². The van der Waals surface area contributed by atoms with E-state index in [0.717, 1.165) is 22.5 Å². The van der Waals surface area contributed by atoms with Gasteiger partial charge in [0, 0.05) is 12.5 Å². The summed E-state index contributed by atoms with van der Waals surface area (Å²) in [4.78, 5) is 45.2. The van der Waals surface area contributed by atoms with E-state index in [1.807, 2.05) is 32.9 Å². The number of ether oxygens (including phenoxy) is 2. The summed E-state index contributed by atoms with van der Waals surface area (Å²) < 4.78 is 11.1.